The molecule has 0 fully saturated rings. The molecule has 0 rings (SSSR count). The van der Waals surface area contributed by atoms with E-state index in [2.05, 4.69) is 5.32 Å². The van der Waals surface area contributed by atoms with Crippen LogP contribution in [0.3, 0.4) is 0 Å². The van der Waals surface area contributed by atoms with Gasteiger partial charge in [-0.05, 0) is 19.8 Å². The quantitative estimate of drug-likeness (QED) is 0.683. The molecule has 100 valence electrons. The highest BCUT2D eigenvalue weighted by Crippen LogP contribution is 2.13. The van der Waals surface area contributed by atoms with Gasteiger partial charge in [-0.1, -0.05) is 20.3 Å². The number of nitrogens with two attached hydrogens (primary N) is 1. The van der Waals surface area contributed by atoms with Gasteiger partial charge in [0.15, 0.2) is 0 Å². The molecule has 0 aromatic carbocycles. The van der Waals surface area contributed by atoms with E-state index in [1.54, 1.807) is 14.0 Å². The molecule has 0 aromatic rings. The van der Waals surface area contributed by atoms with E-state index in [0.717, 1.165) is 12.8 Å². The summed E-state index contributed by atoms with van der Waals surface area (Å²) in [5.41, 5.74) is 5.12. The minimum absolute atomic E-state index is 0.0830. The van der Waals surface area contributed by atoms with Crippen LogP contribution in [-0.2, 0) is 9.59 Å². The molecule has 5 heteroatoms. The normalized spacial score (nSPS) is 13.9. The maximum absolute atomic E-state index is 12.2. The fourth-order valence-electron chi connectivity index (χ4n) is 1.76. The molecule has 0 aliphatic carbocycles. The van der Waals surface area contributed by atoms with Gasteiger partial charge in [0.2, 0.25) is 11.8 Å². The van der Waals surface area contributed by atoms with Crippen LogP contribution in [0.1, 0.15) is 40.0 Å². The van der Waals surface area contributed by atoms with E-state index in [0.29, 0.717) is 13.0 Å². The molecule has 0 aromatic heterocycles. The molecule has 2 amide bonds. The lowest BCUT2D eigenvalue weighted by Crippen LogP contribution is -2.55. The molecular formula is C12H25N3O2. The van der Waals surface area contributed by atoms with Gasteiger partial charge in [-0.2, -0.15) is 0 Å². The number of hydrogen-bond donors (Lipinski definition) is 2. The number of hydrogen-bond acceptors (Lipinski definition) is 3. The minimum atomic E-state index is -0.877. The van der Waals surface area contributed by atoms with Gasteiger partial charge in [-0.3, -0.25) is 9.59 Å². The summed E-state index contributed by atoms with van der Waals surface area (Å²) < 4.78 is 0. The van der Waals surface area contributed by atoms with Gasteiger partial charge in [0.05, 0.1) is 12.1 Å². The zero-order chi connectivity index (χ0) is 13.5. The van der Waals surface area contributed by atoms with Crippen LogP contribution in [0.15, 0.2) is 0 Å². The van der Waals surface area contributed by atoms with Crippen LogP contribution in [0.25, 0.3) is 0 Å². The second kappa shape index (κ2) is 7.27. The molecule has 0 saturated heterocycles. The first-order valence-corrected chi connectivity index (χ1v) is 6.17. The van der Waals surface area contributed by atoms with E-state index in [1.807, 2.05) is 13.8 Å². The first-order valence-electron chi connectivity index (χ1n) is 6.17. The predicted octanol–water partition coefficient (Wildman–Crippen LogP) is 0.489. The standard InChI is InChI=1S/C12H25N3O2/c1-5-7-12(3,13)11(17)15(8-6-2)9-10(16)14-4/h5-9,13H2,1-4H3,(H,14,16). The van der Waals surface area contributed by atoms with Crippen molar-refractivity contribution < 1.29 is 9.59 Å². The molecular weight excluding hydrogens is 218 g/mol. The molecule has 0 bridgehead atoms. The van der Waals surface area contributed by atoms with Crippen molar-refractivity contribution in [3.63, 3.8) is 0 Å². The summed E-state index contributed by atoms with van der Waals surface area (Å²) in [5.74, 6) is -0.316. The molecule has 1 unspecified atom stereocenters. The van der Waals surface area contributed by atoms with Gasteiger partial charge in [-0.25, -0.2) is 0 Å². The van der Waals surface area contributed by atoms with E-state index in [1.165, 1.54) is 4.90 Å². The Hall–Kier alpha value is -1.10. The molecule has 17 heavy (non-hydrogen) atoms. The summed E-state index contributed by atoms with van der Waals surface area (Å²) in [6.45, 7) is 6.33. The van der Waals surface area contributed by atoms with Crippen molar-refractivity contribution in [3.05, 3.63) is 0 Å². The molecule has 5 nitrogen and oxygen atoms in total. The summed E-state index contributed by atoms with van der Waals surface area (Å²) in [7, 11) is 1.56. The first kappa shape index (κ1) is 15.9. The van der Waals surface area contributed by atoms with Gasteiger partial charge in [-0.15, -0.1) is 0 Å². The minimum Gasteiger partial charge on any atom is -0.358 e. The third-order valence-electron chi connectivity index (χ3n) is 2.65. The number of rotatable bonds is 7. The van der Waals surface area contributed by atoms with Gasteiger partial charge < -0.3 is 16.0 Å². The largest absolute Gasteiger partial charge is 0.358 e. The molecule has 1 atom stereocenters. The highest BCUT2D eigenvalue weighted by molar-refractivity contribution is 5.89. The van der Waals surface area contributed by atoms with Crippen molar-refractivity contribution >= 4 is 11.8 Å². The lowest BCUT2D eigenvalue weighted by atomic mass is 9.95. The Kier molecular flexibility index (Phi) is 6.80. The highest BCUT2D eigenvalue weighted by Gasteiger charge is 2.32. The summed E-state index contributed by atoms with van der Waals surface area (Å²) in [5, 5.41) is 2.52. The number of amides is 2. The fraction of sp³-hybridized carbons (Fsp3) is 0.833. The molecule has 0 heterocycles. The Morgan fingerprint density at radius 3 is 2.29 bits per heavy atom. The summed E-state index contributed by atoms with van der Waals surface area (Å²) >= 11 is 0. The summed E-state index contributed by atoms with van der Waals surface area (Å²) in [6, 6.07) is 0. The molecule has 0 aliphatic heterocycles. The molecule has 0 radical (unpaired) electrons. The highest BCUT2D eigenvalue weighted by atomic mass is 16.2. The van der Waals surface area contributed by atoms with Crippen LogP contribution in [0.5, 0.6) is 0 Å². The Labute approximate surface area is 104 Å². The summed E-state index contributed by atoms with van der Waals surface area (Å²) in [6.07, 6.45) is 2.28. The van der Waals surface area contributed by atoms with Gasteiger partial charge in [0.25, 0.3) is 0 Å². The monoisotopic (exact) mass is 243 g/mol. The second-order valence-electron chi connectivity index (χ2n) is 4.57. The van der Waals surface area contributed by atoms with E-state index in [4.69, 9.17) is 5.73 Å². The maximum Gasteiger partial charge on any atom is 0.242 e. The zero-order valence-corrected chi connectivity index (χ0v) is 11.4. The van der Waals surface area contributed by atoms with Crippen LogP contribution in [0, 0.1) is 0 Å². The van der Waals surface area contributed by atoms with Gasteiger partial charge >= 0.3 is 0 Å². The van der Waals surface area contributed by atoms with Crippen molar-refractivity contribution in [1.82, 2.24) is 10.2 Å². The Morgan fingerprint density at radius 2 is 1.88 bits per heavy atom. The average molecular weight is 243 g/mol. The van der Waals surface area contributed by atoms with E-state index < -0.39 is 5.54 Å². The molecule has 0 saturated carbocycles. The maximum atomic E-state index is 12.2. The Balaban J connectivity index is 4.68. The molecule has 3 N–H and O–H groups in total. The average Bonchev–Trinajstić information content (AvgIpc) is 2.27. The fourth-order valence-corrected chi connectivity index (χ4v) is 1.76. The van der Waals surface area contributed by atoms with E-state index in [9.17, 15) is 9.59 Å². The van der Waals surface area contributed by atoms with E-state index in [-0.39, 0.29) is 18.4 Å². The molecule has 0 spiro atoms. The first-order chi connectivity index (χ1) is 7.88. The van der Waals surface area contributed by atoms with Gasteiger partial charge in [0, 0.05) is 13.6 Å². The van der Waals surface area contributed by atoms with Gasteiger partial charge in [0.1, 0.15) is 0 Å². The molecule has 0 aliphatic rings. The van der Waals surface area contributed by atoms with Crippen molar-refractivity contribution in [3.8, 4) is 0 Å². The van der Waals surface area contributed by atoms with Crippen LogP contribution < -0.4 is 11.1 Å². The number of carbonyl (C=O) groups is 2. The van der Waals surface area contributed by atoms with Crippen LogP contribution in [0.2, 0.25) is 0 Å². The van der Waals surface area contributed by atoms with Crippen molar-refractivity contribution in [2.24, 2.45) is 5.73 Å². The van der Waals surface area contributed by atoms with Crippen molar-refractivity contribution in [2.45, 2.75) is 45.6 Å². The predicted molar refractivity (Wildman–Crippen MR) is 68.4 cm³/mol. The third-order valence-corrected chi connectivity index (χ3v) is 2.65. The summed E-state index contributed by atoms with van der Waals surface area (Å²) in [4.78, 5) is 25.1. The third kappa shape index (κ3) is 5.17. The topological polar surface area (TPSA) is 75.4 Å². The lowest BCUT2D eigenvalue weighted by Gasteiger charge is -2.31. The second-order valence-corrected chi connectivity index (χ2v) is 4.57. The zero-order valence-electron chi connectivity index (χ0n) is 11.4. The Morgan fingerprint density at radius 1 is 1.29 bits per heavy atom. The number of likely N-dealkylation sites (N-methyl/N-ethyl adjacent to an activating group) is 1. The smallest absolute Gasteiger partial charge is 0.242 e. The number of carbonyl (C=O) groups excluding carboxylic acids is 2. The van der Waals surface area contributed by atoms with Crippen LogP contribution >= 0.6 is 0 Å². The number of nitrogens with one attached hydrogen (secondary N) is 1. The van der Waals surface area contributed by atoms with Crippen LogP contribution in [-0.4, -0.2) is 42.4 Å². The van der Waals surface area contributed by atoms with Crippen molar-refractivity contribution in [2.75, 3.05) is 20.1 Å². The SMILES string of the molecule is CCCN(CC(=O)NC)C(=O)C(C)(N)CCC. The Bertz CT molecular complexity index is 264. The lowest BCUT2D eigenvalue weighted by molar-refractivity contribution is -0.140. The van der Waals surface area contributed by atoms with Crippen molar-refractivity contribution in [1.29, 1.82) is 0 Å². The number of nitrogens with zero attached hydrogens (tertiary/aromatic N) is 1. The van der Waals surface area contributed by atoms with Crippen LogP contribution in [0.4, 0.5) is 0 Å². The van der Waals surface area contributed by atoms with E-state index >= 15 is 0 Å².